The van der Waals surface area contributed by atoms with Crippen molar-refractivity contribution in [3.63, 3.8) is 0 Å². The molecule has 33 heavy (non-hydrogen) atoms. The van der Waals surface area contributed by atoms with Gasteiger partial charge in [-0.2, -0.15) is 0 Å². The topological polar surface area (TPSA) is 102 Å². The van der Waals surface area contributed by atoms with Gasteiger partial charge in [-0.15, -0.1) is 0 Å². The highest BCUT2D eigenvalue weighted by molar-refractivity contribution is 7.92. The van der Waals surface area contributed by atoms with Crippen LogP contribution in [0.1, 0.15) is 42.1 Å². The molecule has 3 rings (SSSR count). The number of benzene rings is 2. The van der Waals surface area contributed by atoms with Gasteiger partial charge in [-0.3, -0.25) is 14.3 Å². The van der Waals surface area contributed by atoms with E-state index < -0.39 is 10.0 Å². The van der Waals surface area contributed by atoms with Gasteiger partial charge in [-0.1, -0.05) is 6.07 Å². The number of sulfonamides is 1. The average Bonchev–Trinajstić information content (AvgIpc) is 3.61. The van der Waals surface area contributed by atoms with Crippen molar-refractivity contribution < 1.29 is 27.5 Å². The molecule has 1 saturated carbocycles. The number of esters is 1. The van der Waals surface area contributed by atoms with Crippen LogP contribution in [0.25, 0.3) is 0 Å². The number of hydrogen-bond donors (Lipinski definition) is 1. The van der Waals surface area contributed by atoms with Crippen LogP contribution in [0.15, 0.2) is 47.4 Å². The lowest BCUT2D eigenvalue weighted by molar-refractivity contribution is -0.143. The third-order valence-corrected chi connectivity index (χ3v) is 6.82. The Balaban J connectivity index is 1.81. The Morgan fingerprint density at radius 1 is 1.12 bits per heavy atom. The number of aryl methyl sites for hydroxylation is 1. The summed E-state index contributed by atoms with van der Waals surface area (Å²) >= 11 is 0. The minimum Gasteiger partial charge on any atom is -0.497 e. The molecule has 2 aromatic rings. The van der Waals surface area contributed by atoms with Crippen molar-refractivity contribution in [3.8, 4) is 5.75 Å². The van der Waals surface area contributed by atoms with Gasteiger partial charge in [0.1, 0.15) is 5.75 Å². The number of anilines is 1. The van der Waals surface area contributed by atoms with Crippen LogP contribution in [-0.4, -0.2) is 52.0 Å². The van der Waals surface area contributed by atoms with Crippen LogP contribution < -0.4 is 9.46 Å². The zero-order chi connectivity index (χ0) is 24.0. The van der Waals surface area contributed by atoms with Gasteiger partial charge >= 0.3 is 5.97 Å². The molecule has 9 heteroatoms. The normalized spacial score (nSPS) is 13.3. The number of rotatable bonds is 11. The first-order chi connectivity index (χ1) is 15.7. The molecule has 178 valence electrons. The second kappa shape index (κ2) is 10.7. The van der Waals surface area contributed by atoms with Gasteiger partial charge in [0.2, 0.25) is 0 Å². The van der Waals surface area contributed by atoms with E-state index in [1.807, 2.05) is 0 Å². The van der Waals surface area contributed by atoms with Crippen LogP contribution in [0, 0.1) is 12.8 Å². The number of amides is 1. The van der Waals surface area contributed by atoms with Gasteiger partial charge in [-0.05, 0) is 74.6 Å². The lowest BCUT2D eigenvalue weighted by Crippen LogP contribution is -2.35. The van der Waals surface area contributed by atoms with E-state index in [9.17, 15) is 18.0 Å². The smallest absolute Gasteiger partial charge is 0.307 e. The molecule has 0 bridgehead atoms. The number of nitrogens with zero attached hydrogens (tertiary/aromatic N) is 1. The highest BCUT2D eigenvalue weighted by Gasteiger charge is 2.29. The average molecular weight is 475 g/mol. The van der Waals surface area contributed by atoms with E-state index in [4.69, 9.17) is 9.47 Å². The Morgan fingerprint density at radius 3 is 2.42 bits per heavy atom. The molecule has 0 atom stereocenters. The summed E-state index contributed by atoms with van der Waals surface area (Å²) in [6.45, 7) is 4.56. The summed E-state index contributed by atoms with van der Waals surface area (Å²) in [6, 6.07) is 11.0. The lowest BCUT2D eigenvalue weighted by Gasteiger charge is -2.23. The molecule has 1 N–H and O–H groups in total. The van der Waals surface area contributed by atoms with E-state index >= 15 is 0 Å². The van der Waals surface area contributed by atoms with Crippen LogP contribution in [-0.2, 0) is 19.6 Å². The zero-order valence-corrected chi connectivity index (χ0v) is 20.0. The van der Waals surface area contributed by atoms with Crippen LogP contribution in [0.3, 0.4) is 0 Å². The molecule has 0 aliphatic heterocycles. The maximum atomic E-state index is 13.4. The number of carbonyl (C=O) groups excluding carboxylic acids is 2. The summed E-state index contributed by atoms with van der Waals surface area (Å²) in [5.74, 6) is 0.382. The maximum Gasteiger partial charge on any atom is 0.307 e. The van der Waals surface area contributed by atoms with E-state index in [-0.39, 0.29) is 36.3 Å². The second-order valence-corrected chi connectivity index (χ2v) is 9.74. The molecule has 0 unspecified atom stereocenters. The molecule has 1 fully saturated rings. The van der Waals surface area contributed by atoms with E-state index in [1.165, 1.54) is 19.2 Å². The van der Waals surface area contributed by atoms with Crippen molar-refractivity contribution >= 4 is 27.6 Å². The zero-order valence-electron chi connectivity index (χ0n) is 19.2. The second-order valence-electron chi connectivity index (χ2n) is 8.06. The van der Waals surface area contributed by atoms with Crippen LogP contribution in [0.4, 0.5) is 5.69 Å². The molecule has 0 radical (unpaired) electrons. The van der Waals surface area contributed by atoms with Gasteiger partial charge in [-0.25, -0.2) is 8.42 Å². The minimum atomic E-state index is -3.91. The molecule has 8 nitrogen and oxygen atoms in total. The first kappa shape index (κ1) is 24.6. The predicted molar refractivity (Wildman–Crippen MR) is 125 cm³/mol. The van der Waals surface area contributed by atoms with E-state index in [0.29, 0.717) is 35.0 Å². The Bertz CT molecular complexity index is 1090. The number of methoxy groups -OCH3 is 1. The number of carbonyl (C=O) groups is 2. The number of ether oxygens (including phenoxy) is 2. The highest BCUT2D eigenvalue weighted by atomic mass is 32.2. The lowest BCUT2D eigenvalue weighted by atomic mass is 10.1. The summed E-state index contributed by atoms with van der Waals surface area (Å²) in [7, 11) is -2.38. The van der Waals surface area contributed by atoms with Gasteiger partial charge in [0.05, 0.1) is 25.0 Å². The molecule has 2 aromatic carbocycles. The molecule has 1 amide bonds. The maximum absolute atomic E-state index is 13.4. The SMILES string of the molecule is CCOC(=O)CCN(CC1CC1)C(=O)c1cc(S(=O)(=O)Nc2ccc(OC)cc2)ccc1C. The minimum absolute atomic E-state index is 0.0102. The van der Waals surface area contributed by atoms with Crippen molar-refractivity contribution in [3.05, 3.63) is 53.6 Å². The first-order valence-electron chi connectivity index (χ1n) is 11.0. The van der Waals surface area contributed by atoms with Gasteiger partial charge < -0.3 is 14.4 Å². The van der Waals surface area contributed by atoms with Gasteiger partial charge in [0.15, 0.2) is 0 Å². The van der Waals surface area contributed by atoms with Crippen molar-refractivity contribution in [1.82, 2.24) is 4.90 Å². The van der Waals surface area contributed by atoms with Crippen molar-refractivity contribution in [2.75, 3.05) is 31.5 Å². The molecule has 0 heterocycles. The summed E-state index contributed by atoms with van der Waals surface area (Å²) in [6.07, 6.45) is 2.19. The number of hydrogen-bond acceptors (Lipinski definition) is 6. The third-order valence-electron chi connectivity index (χ3n) is 5.45. The molecule has 1 aliphatic rings. The predicted octanol–water partition coefficient (Wildman–Crippen LogP) is 3.61. The fourth-order valence-electron chi connectivity index (χ4n) is 3.39. The van der Waals surface area contributed by atoms with Crippen LogP contribution >= 0.6 is 0 Å². The fraction of sp³-hybridized carbons (Fsp3) is 0.417. The first-order valence-corrected chi connectivity index (χ1v) is 12.4. The molecular weight excluding hydrogens is 444 g/mol. The standard InChI is InChI=1S/C24H30N2O6S/c1-4-32-23(27)13-14-26(16-18-6-7-18)24(28)22-15-21(12-5-17(22)2)33(29,30)25-19-8-10-20(31-3)11-9-19/h5,8-12,15,18,25H,4,6-7,13-14,16H2,1-3H3. The summed E-state index contributed by atoms with van der Waals surface area (Å²) < 4.78 is 38.5. The fourth-order valence-corrected chi connectivity index (χ4v) is 4.47. The molecular formula is C24H30N2O6S. The van der Waals surface area contributed by atoms with Crippen molar-refractivity contribution in [2.24, 2.45) is 5.92 Å². The van der Waals surface area contributed by atoms with Crippen molar-refractivity contribution in [2.45, 2.75) is 38.0 Å². The number of nitrogens with one attached hydrogen (secondary N) is 1. The van der Waals surface area contributed by atoms with Crippen molar-refractivity contribution in [1.29, 1.82) is 0 Å². The van der Waals surface area contributed by atoms with E-state index in [0.717, 1.165) is 12.8 Å². The van der Waals surface area contributed by atoms with Gasteiger partial charge in [0.25, 0.3) is 15.9 Å². The summed E-state index contributed by atoms with van der Waals surface area (Å²) in [4.78, 5) is 26.8. The Labute approximate surface area is 194 Å². The Morgan fingerprint density at radius 2 is 1.82 bits per heavy atom. The van der Waals surface area contributed by atoms with E-state index in [1.54, 1.807) is 49.1 Å². The molecule has 0 aromatic heterocycles. The van der Waals surface area contributed by atoms with E-state index in [2.05, 4.69) is 4.72 Å². The van der Waals surface area contributed by atoms with Crippen LogP contribution in [0.5, 0.6) is 5.75 Å². The quantitative estimate of drug-likeness (QED) is 0.499. The molecule has 1 aliphatic carbocycles. The monoisotopic (exact) mass is 474 g/mol. The van der Waals surface area contributed by atoms with Crippen LogP contribution in [0.2, 0.25) is 0 Å². The Hall–Kier alpha value is -3.07. The summed E-state index contributed by atoms with van der Waals surface area (Å²) in [5, 5.41) is 0. The third kappa shape index (κ3) is 6.71. The largest absolute Gasteiger partial charge is 0.497 e. The molecule has 0 saturated heterocycles. The molecule has 0 spiro atoms. The van der Waals surface area contributed by atoms with Gasteiger partial charge in [0, 0.05) is 24.3 Å². The Kier molecular flexibility index (Phi) is 7.97. The summed E-state index contributed by atoms with van der Waals surface area (Å²) in [5.41, 5.74) is 1.35. The highest BCUT2D eigenvalue weighted by Crippen LogP contribution is 2.31.